The van der Waals surface area contributed by atoms with E-state index in [-0.39, 0.29) is 12.5 Å². The topological polar surface area (TPSA) is 86.7 Å². The molecule has 8 heteroatoms. The first kappa shape index (κ1) is 15.4. The van der Waals surface area contributed by atoms with Gasteiger partial charge in [0.2, 0.25) is 0 Å². The second kappa shape index (κ2) is 6.66. The molecule has 0 saturated carbocycles. The number of rotatable bonds is 6. The summed E-state index contributed by atoms with van der Waals surface area (Å²) in [5, 5.41) is 13.2. The summed E-state index contributed by atoms with van der Waals surface area (Å²) in [6.45, 7) is 1.43. The zero-order chi connectivity index (χ0) is 14.6. The minimum absolute atomic E-state index is 0.0891. The number of aliphatic carboxylic acids is 1. The van der Waals surface area contributed by atoms with E-state index in [2.05, 4.69) is 5.32 Å². The number of carboxylic acid groups (broad SMARTS) is 1. The molecule has 20 heavy (non-hydrogen) atoms. The molecule has 0 amide bonds. The lowest BCUT2D eigenvalue weighted by molar-refractivity contribution is -0.136. The Labute approximate surface area is 122 Å². The molecule has 1 aromatic heterocycles. The number of carbonyl (C=O) groups is 1. The highest BCUT2D eigenvalue weighted by atomic mass is 32.2. The number of hydrogen-bond donors (Lipinski definition) is 2. The van der Waals surface area contributed by atoms with E-state index in [0.29, 0.717) is 23.8 Å². The average molecular weight is 318 g/mol. The first-order valence-electron chi connectivity index (χ1n) is 6.46. The van der Waals surface area contributed by atoms with Crippen molar-refractivity contribution in [3.8, 4) is 0 Å². The Balaban J connectivity index is 1.95. The molecule has 1 aliphatic heterocycles. The zero-order valence-corrected chi connectivity index (χ0v) is 12.6. The summed E-state index contributed by atoms with van der Waals surface area (Å²) >= 11 is 1.22. The van der Waals surface area contributed by atoms with E-state index in [1.807, 2.05) is 0 Å². The lowest BCUT2D eigenvalue weighted by Crippen LogP contribution is -2.43. The molecule has 0 radical (unpaired) electrons. The van der Waals surface area contributed by atoms with E-state index in [4.69, 9.17) is 5.11 Å². The van der Waals surface area contributed by atoms with Crippen LogP contribution in [-0.4, -0.2) is 50.0 Å². The molecule has 2 N–H and O–H groups in total. The molecule has 2 heterocycles. The zero-order valence-electron chi connectivity index (χ0n) is 11.0. The molecule has 0 bridgehead atoms. The molecule has 1 unspecified atom stereocenters. The van der Waals surface area contributed by atoms with Gasteiger partial charge in [-0.3, -0.25) is 4.79 Å². The number of hydrogen-bond acceptors (Lipinski definition) is 5. The van der Waals surface area contributed by atoms with E-state index < -0.39 is 16.0 Å². The highest BCUT2D eigenvalue weighted by Crippen LogP contribution is 2.25. The molecule has 1 saturated heterocycles. The van der Waals surface area contributed by atoms with Crippen molar-refractivity contribution in [3.05, 3.63) is 17.5 Å². The molecule has 1 aromatic rings. The van der Waals surface area contributed by atoms with Gasteiger partial charge < -0.3 is 10.4 Å². The minimum Gasteiger partial charge on any atom is -0.480 e. The van der Waals surface area contributed by atoms with Gasteiger partial charge in [0, 0.05) is 13.1 Å². The van der Waals surface area contributed by atoms with Crippen molar-refractivity contribution in [2.24, 2.45) is 5.92 Å². The van der Waals surface area contributed by atoms with Crippen LogP contribution in [0.15, 0.2) is 21.7 Å². The predicted molar refractivity (Wildman–Crippen MR) is 76.3 cm³/mol. The Morgan fingerprint density at radius 2 is 2.35 bits per heavy atom. The normalized spacial score (nSPS) is 20.9. The lowest BCUT2D eigenvalue weighted by Gasteiger charge is -2.31. The Hall–Kier alpha value is -0.960. The van der Waals surface area contributed by atoms with Crippen LogP contribution in [-0.2, 0) is 14.8 Å². The van der Waals surface area contributed by atoms with Crippen LogP contribution in [0, 0.1) is 5.92 Å². The Morgan fingerprint density at radius 3 is 3.00 bits per heavy atom. The number of piperidine rings is 1. The Kier molecular flexibility index (Phi) is 5.14. The van der Waals surface area contributed by atoms with Crippen LogP contribution in [0.4, 0.5) is 0 Å². The first-order chi connectivity index (χ1) is 9.50. The molecular formula is C12H18N2O4S2. The van der Waals surface area contributed by atoms with Crippen molar-refractivity contribution in [1.29, 1.82) is 0 Å². The second-order valence-corrected chi connectivity index (χ2v) is 7.94. The van der Waals surface area contributed by atoms with Crippen molar-refractivity contribution in [3.63, 3.8) is 0 Å². The summed E-state index contributed by atoms with van der Waals surface area (Å²) in [5.41, 5.74) is 0. The Bertz CT molecular complexity index is 542. The number of thiophene rings is 1. The van der Waals surface area contributed by atoms with Crippen LogP contribution in [0.1, 0.15) is 12.8 Å². The molecule has 1 fully saturated rings. The van der Waals surface area contributed by atoms with Gasteiger partial charge in [-0.05, 0) is 36.8 Å². The Morgan fingerprint density at radius 1 is 1.55 bits per heavy atom. The third-order valence-electron chi connectivity index (χ3n) is 3.28. The third-order valence-corrected chi connectivity index (χ3v) is 6.52. The fourth-order valence-corrected chi connectivity index (χ4v) is 5.03. The van der Waals surface area contributed by atoms with Gasteiger partial charge in [-0.1, -0.05) is 6.07 Å². The van der Waals surface area contributed by atoms with Crippen molar-refractivity contribution in [1.82, 2.24) is 9.62 Å². The van der Waals surface area contributed by atoms with Crippen LogP contribution in [0.2, 0.25) is 0 Å². The summed E-state index contributed by atoms with van der Waals surface area (Å²) in [5.74, 6) is -0.735. The van der Waals surface area contributed by atoms with Gasteiger partial charge in [0.1, 0.15) is 4.21 Å². The van der Waals surface area contributed by atoms with Gasteiger partial charge in [0.05, 0.1) is 6.54 Å². The maximum absolute atomic E-state index is 12.4. The van der Waals surface area contributed by atoms with Gasteiger partial charge in [-0.25, -0.2) is 8.42 Å². The van der Waals surface area contributed by atoms with E-state index in [0.717, 1.165) is 12.8 Å². The summed E-state index contributed by atoms with van der Waals surface area (Å²) in [6, 6.07) is 3.35. The quantitative estimate of drug-likeness (QED) is 0.811. The SMILES string of the molecule is O=C(O)CNCC1CCCN(S(=O)(=O)c2cccs2)C1. The fraction of sp³-hybridized carbons (Fsp3) is 0.583. The summed E-state index contributed by atoms with van der Waals surface area (Å²) in [7, 11) is -3.39. The van der Waals surface area contributed by atoms with E-state index in [1.165, 1.54) is 15.6 Å². The third kappa shape index (κ3) is 3.78. The number of sulfonamides is 1. The summed E-state index contributed by atoms with van der Waals surface area (Å²) in [4.78, 5) is 10.5. The monoisotopic (exact) mass is 318 g/mol. The molecule has 2 rings (SSSR count). The number of nitrogens with one attached hydrogen (secondary N) is 1. The van der Waals surface area contributed by atoms with Gasteiger partial charge in [0.15, 0.2) is 0 Å². The average Bonchev–Trinajstić information content (AvgIpc) is 2.93. The van der Waals surface area contributed by atoms with E-state index in [9.17, 15) is 13.2 Å². The second-order valence-electron chi connectivity index (χ2n) is 4.83. The van der Waals surface area contributed by atoms with Crippen LogP contribution in [0.3, 0.4) is 0 Å². The molecule has 0 aliphatic carbocycles. The minimum atomic E-state index is -3.39. The summed E-state index contributed by atoms with van der Waals surface area (Å²) < 4.78 is 26.7. The molecular weight excluding hydrogens is 300 g/mol. The highest BCUT2D eigenvalue weighted by molar-refractivity contribution is 7.91. The van der Waals surface area contributed by atoms with Crippen molar-refractivity contribution in [2.45, 2.75) is 17.1 Å². The highest BCUT2D eigenvalue weighted by Gasteiger charge is 2.30. The maximum Gasteiger partial charge on any atom is 0.317 e. The van der Waals surface area contributed by atoms with Gasteiger partial charge in [-0.15, -0.1) is 11.3 Å². The van der Waals surface area contributed by atoms with Crippen molar-refractivity contribution < 1.29 is 18.3 Å². The predicted octanol–water partition coefficient (Wildman–Crippen LogP) is 0.823. The molecule has 0 spiro atoms. The number of carboxylic acids is 1. The molecule has 112 valence electrons. The molecule has 1 atom stereocenters. The summed E-state index contributed by atoms with van der Waals surface area (Å²) in [6.07, 6.45) is 1.73. The van der Waals surface area contributed by atoms with E-state index >= 15 is 0 Å². The van der Waals surface area contributed by atoms with Gasteiger partial charge in [0.25, 0.3) is 10.0 Å². The standard InChI is InChI=1S/C12H18N2O4S2/c15-11(16)8-13-7-10-3-1-5-14(9-10)20(17,18)12-4-2-6-19-12/h2,4,6,10,13H,1,3,5,7-9H2,(H,15,16). The van der Waals surface area contributed by atoms with Crippen molar-refractivity contribution >= 4 is 27.3 Å². The smallest absolute Gasteiger partial charge is 0.317 e. The van der Waals surface area contributed by atoms with Crippen LogP contribution >= 0.6 is 11.3 Å². The fourth-order valence-electron chi connectivity index (χ4n) is 2.33. The van der Waals surface area contributed by atoms with Gasteiger partial charge >= 0.3 is 5.97 Å². The largest absolute Gasteiger partial charge is 0.480 e. The lowest BCUT2D eigenvalue weighted by atomic mass is 10.00. The van der Waals surface area contributed by atoms with Crippen molar-refractivity contribution in [2.75, 3.05) is 26.2 Å². The maximum atomic E-state index is 12.4. The molecule has 0 aromatic carbocycles. The molecule has 1 aliphatic rings. The van der Waals surface area contributed by atoms with Crippen LogP contribution in [0.25, 0.3) is 0 Å². The van der Waals surface area contributed by atoms with Crippen LogP contribution in [0.5, 0.6) is 0 Å². The van der Waals surface area contributed by atoms with Crippen LogP contribution < -0.4 is 5.32 Å². The van der Waals surface area contributed by atoms with Gasteiger partial charge in [-0.2, -0.15) is 4.31 Å². The van der Waals surface area contributed by atoms with E-state index in [1.54, 1.807) is 17.5 Å². The number of nitrogens with zero attached hydrogens (tertiary/aromatic N) is 1. The molecule has 6 nitrogen and oxygen atoms in total. The first-order valence-corrected chi connectivity index (χ1v) is 8.78.